The van der Waals surface area contributed by atoms with E-state index in [1.54, 1.807) is 0 Å². The predicted molar refractivity (Wildman–Crippen MR) is 53.6 cm³/mol. The zero-order valence-corrected chi connectivity index (χ0v) is 9.01. The Kier molecular flexibility index (Phi) is 1.97. The maximum absolute atomic E-state index is 9.24. The molecule has 0 atom stereocenters. The lowest BCUT2D eigenvalue weighted by molar-refractivity contribution is -0.0345. The Morgan fingerprint density at radius 1 is 1.31 bits per heavy atom. The molecule has 1 saturated carbocycles. The van der Waals surface area contributed by atoms with Crippen LogP contribution in [0.5, 0.6) is 0 Å². The first-order chi connectivity index (χ1) is 5.98. The van der Waals surface area contributed by atoms with Gasteiger partial charge in [-0.2, -0.15) is 0 Å². The van der Waals surface area contributed by atoms with Crippen LogP contribution in [0.3, 0.4) is 0 Å². The Bertz CT molecular complexity index is 197. The van der Waals surface area contributed by atoms with Gasteiger partial charge < -0.3 is 5.11 Å². The molecule has 0 amide bonds. The molecule has 0 aromatic carbocycles. The van der Waals surface area contributed by atoms with Gasteiger partial charge in [0.1, 0.15) is 0 Å². The summed E-state index contributed by atoms with van der Waals surface area (Å²) in [5.41, 5.74) is 0.670. The minimum atomic E-state index is 0.224. The molecule has 0 spiro atoms. The third-order valence-corrected chi connectivity index (χ3v) is 3.90. The maximum Gasteiger partial charge on any atom is 0.0615 e. The van der Waals surface area contributed by atoms with Gasteiger partial charge >= 0.3 is 0 Å². The molecule has 76 valence electrons. The van der Waals surface area contributed by atoms with E-state index in [1.807, 2.05) is 0 Å². The van der Waals surface area contributed by atoms with E-state index in [0.717, 1.165) is 5.92 Å². The monoisotopic (exact) mass is 183 g/mol. The molecular weight excluding hydrogens is 162 g/mol. The molecule has 0 aromatic heterocycles. The fraction of sp³-hybridized carbons (Fsp3) is 1.00. The highest BCUT2D eigenvalue weighted by Gasteiger charge is 2.53. The first-order valence-corrected chi connectivity index (χ1v) is 5.34. The number of hydrogen-bond acceptors (Lipinski definition) is 2. The van der Waals surface area contributed by atoms with Crippen molar-refractivity contribution in [1.29, 1.82) is 0 Å². The largest absolute Gasteiger partial charge is 0.394 e. The van der Waals surface area contributed by atoms with Crippen molar-refractivity contribution < 1.29 is 5.11 Å². The summed E-state index contributed by atoms with van der Waals surface area (Å²) >= 11 is 0. The van der Waals surface area contributed by atoms with Crippen molar-refractivity contribution in [1.82, 2.24) is 4.90 Å². The van der Waals surface area contributed by atoms with Crippen LogP contribution < -0.4 is 0 Å². The summed E-state index contributed by atoms with van der Waals surface area (Å²) in [7, 11) is 0. The van der Waals surface area contributed by atoms with Crippen molar-refractivity contribution in [3.63, 3.8) is 0 Å². The molecule has 2 rings (SSSR count). The van der Waals surface area contributed by atoms with E-state index >= 15 is 0 Å². The zero-order chi connectivity index (χ0) is 9.69. The molecule has 1 N–H and O–H groups in total. The van der Waals surface area contributed by atoms with E-state index in [2.05, 4.69) is 25.7 Å². The number of aliphatic hydroxyl groups excluding tert-OH is 1. The fourth-order valence-electron chi connectivity index (χ4n) is 2.13. The third kappa shape index (κ3) is 1.50. The molecule has 0 radical (unpaired) electrons. The summed E-state index contributed by atoms with van der Waals surface area (Å²) in [6.07, 6.45) is 2.42. The highest BCUT2D eigenvalue weighted by atomic mass is 16.3. The highest BCUT2D eigenvalue weighted by Crippen LogP contribution is 2.47. The summed E-state index contributed by atoms with van der Waals surface area (Å²) in [6.45, 7) is 9.70. The SMILES string of the molecule is CC(C)(C)C1CN(C2(CO)CC2)C1. The Labute approximate surface area is 80.9 Å². The molecule has 1 aliphatic heterocycles. The van der Waals surface area contributed by atoms with Crippen LogP contribution in [0.25, 0.3) is 0 Å². The fourth-order valence-corrected chi connectivity index (χ4v) is 2.13. The van der Waals surface area contributed by atoms with E-state index in [4.69, 9.17) is 0 Å². The molecule has 0 unspecified atom stereocenters. The van der Waals surface area contributed by atoms with Crippen LogP contribution in [-0.4, -0.2) is 35.2 Å². The van der Waals surface area contributed by atoms with Gasteiger partial charge in [-0.25, -0.2) is 0 Å². The minimum Gasteiger partial charge on any atom is -0.394 e. The Morgan fingerprint density at radius 3 is 2.15 bits per heavy atom. The lowest BCUT2D eigenvalue weighted by Crippen LogP contribution is -2.58. The van der Waals surface area contributed by atoms with Crippen molar-refractivity contribution in [2.75, 3.05) is 19.7 Å². The minimum absolute atomic E-state index is 0.224. The Morgan fingerprint density at radius 2 is 1.85 bits per heavy atom. The van der Waals surface area contributed by atoms with Crippen LogP contribution in [0.15, 0.2) is 0 Å². The molecule has 2 fully saturated rings. The van der Waals surface area contributed by atoms with Gasteiger partial charge in [-0.3, -0.25) is 4.90 Å². The van der Waals surface area contributed by atoms with E-state index in [1.165, 1.54) is 25.9 Å². The molecule has 0 bridgehead atoms. The number of likely N-dealkylation sites (tertiary alicyclic amines) is 1. The average Bonchev–Trinajstić information content (AvgIpc) is 2.62. The normalized spacial score (nSPS) is 28.6. The average molecular weight is 183 g/mol. The van der Waals surface area contributed by atoms with Gasteiger partial charge in [-0.05, 0) is 24.2 Å². The lowest BCUT2D eigenvalue weighted by Gasteiger charge is -2.50. The predicted octanol–water partition coefficient (Wildman–Crippen LogP) is 1.49. The van der Waals surface area contributed by atoms with Crippen LogP contribution >= 0.6 is 0 Å². The molecule has 2 heteroatoms. The Hall–Kier alpha value is -0.0800. The smallest absolute Gasteiger partial charge is 0.0615 e. The standard InChI is InChI=1S/C11H21NO/c1-10(2,3)9-6-12(7-9)11(8-13)4-5-11/h9,13H,4-8H2,1-3H3. The van der Waals surface area contributed by atoms with Gasteiger partial charge in [-0.15, -0.1) is 0 Å². The second-order valence-corrected chi connectivity index (χ2v) is 5.85. The summed E-state index contributed by atoms with van der Waals surface area (Å²) in [5, 5.41) is 9.24. The quantitative estimate of drug-likeness (QED) is 0.701. The molecule has 1 heterocycles. The molecule has 2 nitrogen and oxygen atoms in total. The van der Waals surface area contributed by atoms with Crippen LogP contribution in [-0.2, 0) is 0 Å². The number of aliphatic hydroxyl groups is 1. The van der Waals surface area contributed by atoms with Gasteiger partial charge in [0.25, 0.3) is 0 Å². The number of rotatable bonds is 2. The van der Waals surface area contributed by atoms with Crippen LogP contribution in [0.4, 0.5) is 0 Å². The molecule has 1 saturated heterocycles. The van der Waals surface area contributed by atoms with Crippen molar-refractivity contribution in [3.8, 4) is 0 Å². The van der Waals surface area contributed by atoms with Crippen molar-refractivity contribution in [2.24, 2.45) is 11.3 Å². The van der Waals surface area contributed by atoms with Gasteiger partial charge in [0.2, 0.25) is 0 Å². The molecule has 2 aliphatic rings. The van der Waals surface area contributed by atoms with Crippen LogP contribution in [0.2, 0.25) is 0 Å². The van der Waals surface area contributed by atoms with E-state index in [0.29, 0.717) is 12.0 Å². The molecular formula is C11H21NO. The molecule has 1 aliphatic carbocycles. The first kappa shape index (κ1) is 9.47. The van der Waals surface area contributed by atoms with E-state index in [-0.39, 0.29) is 5.54 Å². The van der Waals surface area contributed by atoms with Crippen molar-refractivity contribution in [2.45, 2.75) is 39.2 Å². The van der Waals surface area contributed by atoms with Crippen molar-refractivity contribution in [3.05, 3.63) is 0 Å². The van der Waals surface area contributed by atoms with Gasteiger partial charge in [0.15, 0.2) is 0 Å². The lowest BCUT2D eigenvalue weighted by atomic mass is 9.75. The maximum atomic E-state index is 9.24. The van der Waals surface area contributed by atoms with Crippen molar-refractivity contribution >= 4 is 0 Å². The van der Waals surface area contributed by atoms with Gasteiger partial charge in [-0.1, -0.05) is 20.8 Å². The van der Waals surface area contributed by atoms with Crippen LogP contribution in [0.1, 0.15) is 33.6 Å². The first-order valence-electron chi connectivity index (χ1n) is 5.34. The number of hydrogen-bond donors (Lipinski definition) is 1. The van der Waals surface area contributed by atoms with Crippen LogP contribution in [0, 0.1) is 11.3 Å². The van der Waals surface area contributed by atoms with E-state index < -0.39 is 0 Å². The Balaban J connectivity index is 1.85. The summed E-state index contributed by atoms with van der Waals surface area (Å²) < 4.78 is 0. The second-order valence-electron chi connectivity index (χ2n) is 5.85. The van der Waals surface area contributed by atoms with Gasteiger partial charge in [0, 0.05) is 18.6 Å². The summed E-state index contributed by atoms with van der Waals surface area (Å²) in [6, 6.07) is 0. The topological polar surface area (TPSA) is 23.5 Å². The summed E-state index contributed by atoms with van der Waals surface area (Å²) in [4.78, 5) is 2.48. The highest BCUT2D eigenvalue weighted by molar-refractivity contribution is 5.08. The second kappa shape index (κ2) is 2.71. The molecule has 13 heavy (non-hydrogen) atoms. The zero-order valence-electron chi connectivity index (χ0n) is 9.01. The number of nitrogens with zero attached hydrogens (tertiary/aromatic N) is 1. The summed E-state index contributed by atoms with van der Waals surface area (Å²) in [5.74, 6) is 0.830. The van der Waals surface area contributed by atoms with Gasteiger partial charge in [0.05, 0.1) is 6.61 Å². The molecule has 0 aromatic rings. The third-order valence-electron chi connectivity index (χ3n) is 3.90. The van der Waals surface area contributed by atoms with E-state index in [9.17, 15) is 5.11 Å².